The fourth-order valence-corrected chi connectivity index (χ4v) is 1.75. The van der Waals surface area contributed by atoms with Crippen molar-refractivity contribution in [3.8, 4) is 0 Å². The summed E-state index contributed by atoms with van der Waals surface area (Å²) < 4.78 is 0. The molecule has 1 N–H and O–H groups in total. The van der Waals surface area contributed by atoms with E-state index in [1.807, 2.05) is 6.07 Å². The molecule has 1 aromatic rings. The average Bonchev–Trinajstić information content (AvgIpc) is 2.35. The fraction of sp³-hybridized carbons (Fsp3) is 0.692. The zero-order valence-electron chi connectivity index (χ0n) is 10.4. The van der Waals surface area contributed by atoms with Crippen molar-refractivity contribution in [2.45, 2.75) is 46.1 Å². The van der Waals surface area contributed by atoms with Gasteiger partial charge in [-0.25, -0.2) is 9.97 Å². The van der Waals surface area contributed by atoms with Crippen LogP contribution in [0.4, 0.5) is 0 Å². The molecule has 1 rings (SSSR count). The Kier molecular flexibility index (Phi) is 6.74. The molecule has 0 saturated carbocycles. The first-order chi connectivity index (χ1) is 7.86. The van der Waals surface area contributed by atoms with Gasteiger partial charge >= 0.3 is 0 Å². The highest BCUT2D eigenvalue weighted by atomic mass is 15.0. The van der Waals surface area contributed by atoms with Crippen molar-refractivity contribution in [1.82, 2.24) is 15.3 Å². The summed E-state index contributed by atoms with van der Waals surface area (Å²) in [6.45, 7) is 6.37. The number of hydrogen-bond acceptors (Lipinski definition) is 3. The van der Waals surface area contributed by atoms with Crippen LogP contribution >= 0.6 is 0 Å². The summed E-state index contributed by atoms with van der Waals surface area (Å²) in [5.41, 5.74) is 0. The van der Waals surface area contributed by atoms with Crippen LogP contribution in [0, 0.1) is 5.92 Å². The quantitative estimate of drug-likeness (QED) is 0.733. The first kappa shape index (κ1) is 13.1. The van der Waals surface area contributed by atoms with Gasteiger partial charge in [-0.15, -0.1) is 0 Å². The van der Waals surface area contributed by atoms with Crippen LogP contribution in [0.1, 0.15) is 45.4 Å². The Labute approximate surface area is 98.7 Å². The average molecular weight is 221 g/mol. The van der Waals surface area contributed by atoms with E-state index < -0.39 is 0 Å². The highest BCUT2D eigenvalue weighted by molar-refractivity contribution is 4.87. The molecule has 0 aliphatic rings. The van der Waals surface area contributed by atoms with Gasteiger partial charge in [-0.3, -0.25) is 0 Å². The van der Waals surface area contributed by atoms with Crippen LogP contribution in [-0.2, 0) is 6.54 Å². The van der Waals surface area contributed by atoms with E-state index in [1.54, 1.807) is 12.4 Å². The maximum atomic E-state index is 4.19. The number of hydrogen-bond donors (Lipinski definition) is 1. The van der Waals surface area contributed by atoms with Crippen LogP contribution < -0.4 is 5.32 Å². The third kappa shape index (κ3) is 5.21. The van der Waals surface area contributed by atoms with Crippen molar-refractivity contribution < 1.29 is 0 Å². The summed E-state index contributed by atoms with van der Waals surface area (Å²) in [7, 11) is 0. The standard InChI is InChI=1S/C13H23N3/c1-3-5-7-12(4-2)10-14-11-13-15-8-6-9-16-13/h6,8-9,12,14H,3-5,7,10-11H2,1-2H3. The Balaban J connectivity index is 2.18. The monoisotopic (exact) mass is 221 g/mol. The lowest BCUT2D eigenvalue weighted by Gasteiger charge is -2.14. The van der Waals surface area contributed by atoms with Gasteiger partial charge in [0.2, 0.25) is 0 Å². The zero-order valence-corrected chi connectivity index (χ0v) is 10.4. The second-order valence-electron chi connectivity index (χ2n) is 4.21. The van der Waals surface area contributed by atoms with Crippen molar-refractivity contribution in [3.63, 3.8) is 0 Å². The first-order valence-corrected chi connectivity index (χ1v) is 6.33. The summed E-state index contributed by atoms with van der Waals surface area (Å²) in [5, 5.41) is 3.44. The van der Waals surface area contributed by atoms with E-state index >= 15 is 0 Å². The largest absolute Gasteiger partial charge is 0.310 e. The lowest BCUT2D eigenvalue weighted by molar-refractivity contribution is 0.416. The molecule has 1 atom stereocenters. The van der Waals surface area contributed by atoms with Crippen molar-refractivity contribution in [1.29, 1.82) is 0 Å². The van der Waals surface area contributed by atoms with Gasteiger partial charge in [0, 0.05) is 12.4 Å². The van der Waals surface area contributed by atoms with Crippen LogP contribution in [0.5, 0.6) is 0 Å². The molecule has 0 saturated heterocycles. The van der Waals surface area contributed by atoms with Crippen molar-refractivity contribution in [2.24, 2.45) is 5.92 Å². The van der Waals surface area contributed by atoms with E-state index in [1.165, 1.54) is 25.7 Å². The molecule has 1 heterocycles. The van der Waals surface area contributed by atoms with E-state index in [0.29, 0.717) is 0 Å². The Morgan fingerprint density at radius 3 is 2.62 bits per heavy atom. The lowest BCUT2D eigenvalue weighted by Crippen LogP contribution is -2.23. The molecule has 0 bridgehead atoms. The van der Waals surface area contributed by atoms with Gasteiger partial charge in [0.05, 0.1) is 6.54 Å². The van der Waals surface area contributed by atoms with Gasteiger partial charge in [-0.2, -0.15) is 0 Å². The topological polar surface area (TPSA) is 37.8 Å². The second-order valence-corrected chi connectivity index (χ2v) is 4.21. The van der Waals surface area contributed by atoms with E-state index in [9.17, 15) is 0 Å². The molecule has 1 unspecified atom stereocenters. The predicted molar refractivity (Wildman–Crippen MR) is 67.0 cm³/mol. The molecule has 0 aliphatic heterocycles. The van der Waals surface area contributed by atoms with Gasteiger partial charge in [0.15, 0.2) is 0 Å². The van der Waals surface area contributed by atoms with Crippen molar-refractivity contribution in [3.05, 3.63) is 24.3 Å². The molecule has 0 aliphatic carbocycles. The highest BCUT2D eigenvalue weighted by Gasteiger charge is 2.05. The maximum Gasteiger partial charge on any atom is 0.141 e. The first-order valence-electron chi connectivity index (χ1n) is 6.33. The SMILES string of the molecule is CCCCC(CC)CNCc1ncccn1. The molecule has 90 valence electrons. The van der Waals surface area contributed by atoms with Crippen LogP contribution in [0.2, 0.25) is 0 Å². The minimum atomic E-state index is 0.781. The van der Waals surface area contributed by atoms with Gasteiger partial charge < -0.3 is 5.32 Å². The third-order valence-electron chi connectivity index (χ3n) is 2.88. The molecular formula is C13H23N3. The van der Waals surface area contributed by atoms with Gasteiger partial charge in [0.1, 0.15) is 5.82 Å². The molecule has 0 aromatic carbocycles. The maximum absolute atomic E-state index is 4.19. The van der Waals surface area contributed by atoms with Gasteiger partial charge in [-0.1, -0.05) is 33.1 Å². The molecule has 0 fully saturated rings. The Morgan fingerprint density at radius 2 is 2.00 bits per heavy atom. The summed E-state index contributed by atoms with van der Waals surface area (Å²) >= 11 is 0. The number of aromatic nitrogens is 2. The number of nitrogens with zero attached hydrogens (tertiary/aromatic N) is 2. The second kappa shape index (κ2) is 8.22. The molecular weight excluding hydrogens is 198 g/mol. The molecule has 0 radical (unpaired) electrons. The highest BCUT2D eigenvalue weighted by Crippen LogP contribution is 2.11. The van der Waals surface area contributed by atoms with Gasteiger partial charge in [0.25, 0.3) is 0 Å². The number of rotatable bonds is 8. The fourth-order valence-electron chi connectivity index (χ4n) is 1.75. The Hall–Kier alpha value is -0.960. The Morgan fingerprint density at radius 1 is 1.25 bits per heavy atom. The smallest absolute Gasteiger partial charge is 0.141 e. The van der Waals surface area contributed by atoms with E-state index in [2.05, 4.69) is 29.1 Å². The lowest BCUT2D eigenvalue weighted by atomic mass is 9.99. The molecule has 0 spiro atoms. The van der Waals surface area contributed by atoms with Gasteiger partial charge in [-0.05, 0) is 24.9 Å². The number of unbranched alkanes of at least 4 members (excludes halogenated alkanes) is 1. The normalized spacial score (nSPS) is 12.6. The van der Waals surface area contributed by atoms with Crippen molar-refractivity contribution in [2.75, 3.05) is 6.54 Å². The molecule has 3 nitrogen and oxygen atoms in total. The van der Waals surface area contributed by atoms with Crippen LogP contribution in [0.15, 0.2) is 18.5 Å². The molecule has 3 heteroatoms. The summed E-state index contributed by atoms with van der Waals surface area (Å²) in [6, 6.07) is 1.85. The van der Waals surface area contributed by atoms with E-state index in [0.717, 1.165) is 24.8 Å². The minimum absolute atomic E-state index is 0.781. The van der Waals surface area contributed by atoms with Crippen LogP contribution in [0.25, 0.3) is 0 Å². The van der Waals surface area contributed by atoms with E-state index in [4.69, 9.17) is 0 Å². The molecule has 1 aromatic heterocycles. The summed E-state index contributed by atoms with van der Waals surface area (Å²) in [5.74, 6) is 1.68. The third-order valence-corrected chi connectivity index (χ3v) is 2.88. The van der Waals surface area contributed by atoms with Crippen molar-refractivity contribution >= 4 is 0 Å². The van der Waals surface area contributed by atoms with E-state index in [-0.39, 0.29) is 0 Å². The minimum Gasteiger partial charge on any atom is -0.310 e. The van der Waals surface area contributed by atoms with Crippen LogP contribution in [-0.4, -0.2) is 16.5 Å². The zero-order chi connectivity index (χ0) is 11.6. The molecule has 16 heavy (non-hydrogen) atoms. The number of nitrogens with one attached hydrogen (secondary N) is 1. The summed E-state index contributed by atoms with van der Waals surface area (Å²) in [6.07, 6.45) is 8.79. The van der Waals surface area contributed by atoms with Crippen LogP contribution in [0.3, 0.4) is 0 Å². The molecule has 0 amide bonds. The summed E-state index contributed by atoms with van der Waals surface area (Å²) in [4.78, 5) is 8.38. The predicted octanol–water partition coefficient (Wildman–Crippen LogP) is 2.78. The Bertz CT molecular complexity index is 261.